The Balaban J connectivity index is 1.82. The first-order valence-corrected chi connectivity index (χ1v) is 7.23. The van der Waals surface area contributed by atoms with Gasteiger partial charge in [0.1, 0.15) is 5.82 Å². The summed E-state index contributed by atoms with van der Waals surface area (Å²) in [5, 5.41) is 2.77. The van der Waals surface area contributed by atoms with E-state index >= 15 is 0 Å². The molecule has 7 heteroatoms. The fourth-order valence-corrected chi connectivity index (χ4v) is 2.36. The van der Waals surface area contributed by atoms with E-state index in [1.165, 1.54) is 12.1 Å². The van der Waals surface area contributed by atoms with Crippen LogP contribution in [0.4, 0.5) is 19.0 Å². The molecule has 0 amide bonds. The molecule has 0 saturated carbocycles. The van der Waals surface area contributed by atoms with Gasteiger partial charge in [-0.3, -0.25) is 0 Å². The molecular formula is C17H13F3N2O2. The first-order valence-electron chi connectivity index (χ1n) is 7.23. The van der Waals surface area contributed by atoms with Crippen LogP contribution in [0.5, 0.6) is 0 Å². The molecule has 3 aromatic rings. The lowest BCUT2D eigenvalue weighted by Gasteiger charge is -2.10. The van der Waals surface area contributed by atoms with E-state index in [4.69, 9.17) is 4.42 Å². The highest BCUT2D eigenvalue weighted by atomic mass is 19.4. The number of aromatic nitrogens is 1. The van der Waals surface area contributed by atoms with Crippen molar-refractivity contribution in [2.24, 2.45) is 0 Å². The van der Waals surface area contributed by atoms with Crippen LogP contribution in [-0.4, -0.2) is 11.5 Å². The van der Waals surface area contributed by atoms with Gasteiger partial charge in [-0.2, -0.15) is 18.2 Å². The molecule has 0 aliphatic rings. The van der Waals surface area contributed by atoms with Crippen molar-refractivity contribution < 1.29 is 17.6 Å². The average molecular weight is 334 g/mol. The number of benzene rings is 1. The van der Waals surface area contributed by atoms with Crippen LogP contribution in [-0.2, 0) is 12.6 Å². The quantitative estimate of drug-likeness (QED) is 0.787. The molecule has 24 heavy (non-hydrogen) atoms. The fraction of sp³-hybridized carbons (Fsp3) is 0.176. The molecule has 0 aliphatic carbocycles. The summed E-state index contributed by atoms with van der Waals surface area (Å²) < 4.78 is 43.7. The van der Waals surface area contributed by atoms with Crippen LogP contribution in [0.2, 0.25) is 0 Å². The van der Waals surface area contributed by atoms with Crippen LogP contribution in [0.25, 0.3) is 11.1 Å². The Morgan fingerprint density at radius 2 is 1.83 bits per heavy atom. The minimum Gasteiger partial charge on any atom is -0.404 e. The van der Waals surface area contributed by atoms with E-state index in [0.29, 0.717) is 18.4 Å². The van der Waals surface area contributed by atoms with Gasteiger partial charge in [0.05, 0.1) is 5.56 Å². The topological polar surface area (TPSA) is 55.1 Å². The number of alkyl halides is 3. The standard InChI is InChI=1S/C17H13F3N2O2/c18-17(19,20)13-10-15(23)24-16-12(13)6-7-14(22-16)21-9-8-11-4-2-1-3-5-11/h1-7,10H,8-9H2,(H,21,22). The molecule has 0 unspecified atom stereocenters. The van der Waals surface area contributed by atoms with Gasteiger partial charge in [-0.05, 0) is 24.1 Å². The number of fused-ring (bicyclic) bond motifs is 1. The maximum Gasteiger partial charge on any atom is 0.417 e. The molecule has 124 valence electrons. The zero-order valence-electron chi connectivity index (χ0n) is 12.4. The second-order valence-electron chi connectivity index (χ2n) is 5.19. The van der Waals surface area contributed by atoms with E-state index in [9.17, 15) is 18.0 Å². The van der Waals surface area contributed by atoms with Gasteiger partial charge in [0.25, 0.3) is 0 Å². The van der Waals surface area contributed by atoms with E-state index in [1.54, 1.807) is 0 Å². The second kappa shape index (κ2) is 6.35. The van der Waals surface area contributed by atoms with Crippen molar-refractivity contribution in [2.75, 3.05) is 11.9 Å². The van der Waals surface area contributed by atoms with Crippen molar-refractivity contribution in [1.29, 1.82) is 0 Å². The Bertz CT molecular complexity index is 905. The van der Waals surface area contributed by atoms with Gasteiger partial charge in [0.2, 0.25) is 5.71 Å². The molecule has 2 heterocycles. The molecule has 0 radical (unpaired) electrons. The fourth-order valence-electron chi connectivity index (χ4n) is 2.36. The highest BCUT2D eigenvalue weighted by molar-refractivity contribution is 5.79. The van der Waals surface area contributed by atoms with Gasteiger partial charge in [-0.25, -0.2) is 4.79 Å². The summed E-state index contributed by atoms with van der Waals surface area (Å²) in [6.07, 6.45) is -3.91. The van der Waals surface area contributed by atoms with E-state index in [2.05, 4.69) is 10.3 Å². The highest BCUT2D eigenvalue weighted by Gasteiger charge is 2.34. The molecular weight excluding hydrogens is 321 g/mol. The third-order valence-electron chi connectivity index (χ3n) is 3.48. The molecule has 2 aromatic heterocycles. The molecule has 0 spiro atoms. The molecule has 0 saturated heterocycles. The first-order chi connectivity index (χ1) is 11.4. The smallest absolute Gasteiger partial charge is 0.404 e. The summed E-state index contributed by atoms with van der Waals surface area (Å²) in [7, 11) is 0. The summed E-state index contributed by atoms with van der Waals surface area (Å²) in [4.78, 5) is 15.3. The number of halogens is 3. The Morgan fingerprint density at radius 1 is 1.08 bits per heavy atom. The molecule has 0 atom stereocenters. The van der Waals surface area contributed by atoms with Gasteiger partial charge in [-0.15, -0.1) is 0 Å². The van der Waals surface area contributed by atoms with Crippen molar-refractivity contribution in [2.45, 2.75) is 12.6 Å². The Hall–Kier alpha value is -2.83. The number of anilines is 1. The van der Waals surface area contributed by atoms with Gasteiger partial charge in [0, 0.05) is 18.0 Å². The number of nitrogens with zero attached hydrogens (tertiary/aromatic N) is 1. The van der Waals surface area contributed by atoms with Crippen LogP contribution >= 0.6 is 0 Å². The second-order valence-corrected chi connectivity index (χ2v) is 5.19. The molecule has 4 nitrogen and oxygen atoms in total. The molecule has 3 rings (SSSR count). The monoisotopic (exact) mass is 334 g/mol. The third-order valence-corrected chi connectivity index (χ3v) is 3.48. The molecule has 1 N–H and O–H groups in total. The largest absolute Gasteiger partial charge is 0.417 e. The number of hydrogen-bond donors (Lipinski definition) is 1. The molecule has 1 aromatic carbocycles. The normalized spacial score (nSPS) is 11.6. The minimum atomic E-state index is -4.64. The van der Waals surface area contributed by atoms with Crippen molar-refractivity contribution >= 4 is 16.9 Å². The average Bonchev–Trinajstić information content (AvgIpc) is 2.54. The zero-order chi connectivity index (χ0) is 17.2. The predicted octanol–water partition coefficient (Wildman–Crippen LogP) is 3.86. The molecule has 0 bridgehead atoms. The maximum absolute atomic E-state index is 13.0. The minimum absolute atomic E-state index is 0.240. The SMILES string of the molecule is O=c1cc(C(F)(F)F)c2ccc(NCCc3ccccc3)nc2o1. The van der Waals surface area contributed by atoms with Gasteiger partial charge in [-0.1, -0.05) is 30.3 Å². The van der Waals surface area contributed by atoms with Crippen molar-refractivity contribution in [1.82, 2.24) is 4.98 Å². The predicted molar refractivity (Wildman–Crippen MR) is 83.9 cm³/mol. The van der Waals surface area contributed by atoms with E-state index < -0.39 is 17.4 Å². The lowest BCUT2D eigenvalue weighted by molar-refractivity contribution is -0.136. The Morgan fingerprint density at radius 3 is 2.54 bits per heavy atom. The van der Waals surface area contributed by atoms with Crippen LogP contribution < -0.4 is 10.9 Å². The summed E-state index contributed by atoms with van der Waals surface area (Å²) in [6.45, 7) is 0.547. The molecule has 0 fully saturated rings. The first kappa shape index (κ1) is 16.0. The number of nitrogens with one attached hydrogen (secondary N) is 1. The summed E-state index contributed by atoms with van der Waals surface area (Å²) >= 11 is 0. The van der Waals surface area contributed by atoms with Gasteiger partial charge in [0.15, 0.2) is 0 Å². The summed E-state index contributed by atoms with van der Waals surface area (Å²) in [6, 6.07) is 12.8. The Labute approximate surface area is 134 Å². The lowest BCUT2D eigenvalue weighted by Crippen LogP contribution is -2.12. The summed E-state index contributed by atoms with van der Waals surface area (Å²) in [5.74, 6) is 0.348. The van der Waals surface area contributed by atoms with Crippen LogP contribution in [0, 0.1) is 0 Å². The van der Waals surface area contributed by atoms with E-state index in [0.717, 1.165) is 12.0 Å². The van der Waals surface area contributed by atoms with E-state index in [-0.39, 0.29) is 11.1 Å². The van der Waals surface area contributed by atoms with E-state index in [1.807, 2.05) is 30.3 Å². The van der Waals surface area contributed by atoms with Crippen LogP contribution in [0.1, 0.15) is 11.1 Å². The van der Waals surface area contributed by atoms with Crippen molar-refractivity contribution in [3.63, 3.8) is 0 Å². The van der Waals surface area contributed by atoms with Crippen molar-refractivity contribution in [3.8, 4) is 0 Å². The Kier molecular flexibility index (Phi) is 4.24. The highest BCUT2D eigenvalue weighted by Crippen LogP contribution is 2.33. The lowest BCUT2D eigenvalue weighted by atomic mass is 10.1. The number of rotatable bonds is 4. The number of hydrogen-bond acceptors (Lipinski definition) is 4. The summed E-state index contributed by atoms with van der Waals surface area (Å²) in [5.41, 5.74) is -1.34. The molecule has 0 aliphatic heterocycles. The van der Waals surface area contributed by atoms with Crippen molar-refractivity contribution in [3.05, 3.63) is 70.1 Å². The number of pyridine rings is 1. The maximum atomic E-state index is 13.0. The zero-order valence-corrected chi connectivity index (χ0v) is 12.4. The van der Waals surface area contributed by atoms with Gasteiger partial charge >= 0.3 is 11.8 Å². The van der Waals surface area contributed by atoms with Gasteiger partial charge < -0.3 is 9.73 Å². The van der Waals surface area contributed by atoms with Crippen LogP contribution in [0.15, 0.2) is 57.7 Å². The third kappa shape index (κ3) is 3.56. The van der Waals surface area contributed by atoms with Crippen LogP contribution in [0.3, 0.4) is 0 Å².